The van der Waals surface area contributed by atoms with Gasteiger partial charge in [-0.2, -0.15) is 18.4 Å². The fourth-order valence-electron chi connectivity index (χ4n) is 2.55. The molecule has 0 aromatic heterocycles. The van der Waals surface area contributed by atoms with Gasteiger partial charge >= 0.3 is 6.18 Å². The fraction of sp³-hybridized carbons (Fsp3) is 0.238. The second-order valence-corrected chi connectivity index (χ2v) is 6.93. The summed E-state index contributed by atoms with van der Waals surface area (Å²) in [6.07, 6.45) is -3.51. The molecule has 0 aliphatic heterocycles. The molecule has 4 nitrogen and oxygen atoms in total. The van der Waals surface area contributed by atoms with Gasteiger partial charge in [-0.1, -0.05) is 41.9 Å². The van der Waals surface area contributed by atoms with Gasteiger partial charge in [0.25, 0.3) is 5.91 Å². The van der Waals surface area contributed by atoms with Gasteiger partial charge in [-0.3, -0.25) is 4.79 Å². The smallest absolute Gasteiger partial charge is 0.360 e. The van der Waals surface area contributed by atoms with Crippen molar-refractivity contribution in [3.63, 3.8) is 0 Å². The predicted molar refractivity (Wildman–Crippen MR) is 106 cm³/mol. The number of alkyl halides is 3. The fourth-order valence-corrected chi connectivity index (χ4v) is 2.78. The third kappa shape index (κ3) is 6.00. The van der Waals surface area contributed by atoms with Crippen LogP contribution in [-0.2, 0) is 17.5 Å². The predicted octanol–water partition coefficient (Wildman–Crippen LogP) is 5.62. The topological polar surface area (TPSA) is 56.1 Å². The van der Waals surface area contributed by atoms with Crippen LogP contribution in [0.3, 0.4) is 0 Å². The molecule has 0 fully saturated rings. The van der Waals surface area contributed by atoms with Gasteiger partial charge < -0.3 is 10.2 Å². The number of anilines is 1. The maximum atomic E-state index is 13.0. The quantitative estimate of drug-likeness (QED) is 0.486. The normalized spacial score (nSPS) is 11.9. The summed E-state index contributed by atoms with van der Waals surface area (Å²) in [5.41, 5.74) is -0.276. The maximum absolute atomic E-state index is 13.0. The van der Waals surface area contributed by atoms with E-state index in [1.54, 1.807) is 0 Å². The maximum Gasteiger partial charge on any atom is 0.417 e. The third-order valence-corrected chi connectivity index (χ3v) is 4.42. The number of amides is 1. The molecular weight excluding hydrogens is 403 g/mol. The monoisotopic (exact) mass is 421 g/mol. The summed E-state index contributed by atoms with van der Waals surface area (Å²) >= 11 is 5.60. The third-order valence-electron chi connectivity index (χ3n) is 4.09. The van der Waals surface area contributed by atoms with Crippen molar-refractivity contribution in [2.45, 2.75) is 32.6 Å². The molecule has 1 N–H and O–H groups in total. The average Bonchev–Trinajstić information content (AvgIpc) is 2.67. The van der Waals surface area contributed by atoms with Crippen LogP contribution >= 0.6 is 11.6 Å². The molecule has 29 heavy (non-hydrogen) atoms. The number of halogens is 4. The van der Waals surface area contributed by atoms with Crippen LogP contribution < -0.4 is 5.32 Å². The molecule has 0 saturated carbocycles. The van der Waals surface area contributed by atoms with Crippen LogP contribution in [0.5, 0.6) is 0 Å². The molecule has 0 heterocycles. The van der Waals surface area contributed by atoms with E-state index < -0.39 is 22.7 Å². The Kier molecular flexibility index (Phi) is 7.29. The van der Waals surface area contributed by atoms with Gasteiger partial charge in [0.2, 0.25) is 0 Å². The molecule has 0 radical (unpaired) electrons. The lowest BCUT2D eigenvalue weighted by molar-refractivity contribution is -0.137. The standard InChI is InChI=1S/C21H19ClF3N3O/c1-14(2)28(13-15-6-4-3-5-7-15)20(29)16(11-26)12-27-17-8-9-19(22)18(10-17)21(23,24)25/h3-10,12,14,27H,13H2,1-2H3/b16-12-. The summed E-state index contributed by atoms with van der Waals surface area (Å²) in [5, 5.41) is 11.5. The summed E-state index contributed by atoms with van der Waals surface area (Å²) in [6, 6.07) is 14.2. The second-order valence-electron chi connectivity index (χ2n) is 6.52. The second kappa shape index (κ2) is 9.48. The minimum absolute atomic E-state index is 0.0569. The van der Waals surface area contributed by atoms with Crippen molar-refractivity contribution in [3.8, 4) is 6.07 Å². The first-order valence-electron chi connectivity index (χ1n) is 8.72. The van der Waals surface area contributed by atoms with Crippen LogP contribution in [-0.4, -0.2) is 16.8 Å². The molecule has 0 saturated heterocycles. The van der Waals surface area contributed by atoms with Gasteiger partial charge in [-0.05, 0) is 37.6 Å². The molecule has 152 valence electrons. The first-order valence-corrected chi connectivity index (χ1v) is 9.09. The zero-order valence-electron chi connectivity index (χ0n) is 15.8. The number of nitriles is 1. The van der Waals surface area contributed by atoms with E-state index in [-0.39, 0.29) is 17.3 Å². The van der Waals surface area contributed by atoms with E-state index in [9.17, 15) is 23.2 Å². The van der Waals surface area contributed by atoms with Crippen molar-refractivity contribution in [3.05, 3.63) is 76.5 Å². The first-order chi connectivity index (χ1) is 13.6. The molecule has 1 amide bonds. The highest BCUT2D eigenvalue weighted by molar-refractivity contribution is 6.31. The molecule has 2 rings (SSSR count). The van der Waals surface area contributed by atoms with E-state index in [0.717, 1.165) is 23.9 Å². The number of benzene rings is 2. The summed E-state index contributed by atoms with van der Waals surface area (Å²) in [7, 11) is 0. The lowest BCUT2D eigenvalue weighted by Crippen LogP contribution is -2.37. The Morgan fingerprint density at radius 3 is 2.45 bits per heavy atom. The van der Waals surface area contributed by atoms with E-state index in [2.05, 4.69) is 5.32 Å². The van der Waals surface area contributed by atoms with Gasteiger partial charge in [0, 0.05) is 24.5 Å². The highest BCUT2D eigenvalue weighted by Gasteiger charge is 2.33. The Bertz CT molecular complexity index is 934. The number of hydrogen-bond donors (Lipinski definition) is 1. The summed E-state index contributed by atoms with van der Waals surface area (Å²) in [5.74, 6) is -0.524. The van der Waals surface area contributed by atoms with E-state index in [4.69, 9.17) is 11.6 Å². The van der Waals surface area contributed by atoms with Crippen LogP contribution in [0.4, 0.5) is 18.9 Å². The molecule has 0 atom stereocenters. The minimum atomic E-state index is -4.61. The van der Waals surface area contributed by atoms with Crippen LogP contribution in [0.2, 0.25) is 5.02 Å². The molecule has 0 aliphatic rings. The van der Waals surface area contributed by atoms with Crippen LogP contribution in [0, 0.1) is 11.3 Å². The molecule has 8 heteroatoms. The Hall–Kier alpha value is -2.98. The lowest BCUT2D eigenvalue weighted by atomic mass is 10.1. The SMILES string of the molecule is CC(C)N(Cc1ccccc1)C(=O)/C(C#N)=C\Nc1ccc(Cl)c(C(F)(F)F)c1. The van der Waals surface area contributed by atoms with Gasteiger partial charge in [-0.25, -0.2) is 0 Å². The van der Waals surface area contributed by atoms with Gasteiger partial charge in [0.15, 0.2) is 0 Å². The first kappa shape index (κ1) is 22.3. The summed E-state index contributed by atoms with van der Waals surface area (Å²) in [6.45, 7) is 3.94. The van der Waals surface area contributed by atoms with Crippen molar-refractivity contribution in [1.82, 2.24) is 4.90 Å². The molecule has 0 aliphatic carbocycles. The largest absolute Gasteiger partial charge is 0.417 e. The number of carbonyl (C=O) groups excluding carboxylic acids is 1. The van der Waals surface area contributed by atoms with Crippen LogP contribution in [0.1, 0.15) is 25.0 Å². The molecular formula is C21H19ClF3N3O. The number of nitrogens with one attached hydrogen (secondary N) is 1. The van der Waals surface area contributed by atoms with Crippen molar-refractivity contribution >= 4 is 23.2 Å². The zero-order chi connectivity index (χ0) is 21.6. The Balaban J connectivity index is 2.24. The summed E-state index contributed by atoms with van der Waals surface area (Å²) < 4.78 is 38.9. The van der Waals surface area contributed by atoms with Crippen molar-refractivity contribution in [2.75, 3.05) is 5.32 Å². The van der Waals surface area contributed by atoms with Gasteiger partial charge in [0.1, 0.15) is 11.6 Å². The molecule has 0 bridgehead atoms. The molecule has 2 aromatic rings. The van der Waals surface area contributed by atoms with Crippen molar-refractivity contribution in [1.29, 1.82) is 5.26 Å². The Morgan fingerprint density at radius 2 is 1.90 bits per heavy atom. The molecule has 0 spiro atoms. The molecule has 0 unspecified atom stereocenters. The van der Waals surface area contributed by atoms with E-state index in [1.165, 1.54) is 11.0 Å². The van der Waals surface area contributed by atoms with Crippen molar-refractivity contribution in [2.24, 2.45) is 0 Å². The van der Waals surface area contributed by atoms with Gasteiger partial charge in [-0.15, -0.1) is 0 Å². The Morgan fingerprint density at radius 1 is 1.24 bits per heavy atom. The van der Waals surface area contributed by atoms with E-state index in [1.807, 2.05) is 50.2 Å². The van der Waals surface area contributed by atoms with E-state index >= 15 is 0 Å². The highest BCUT2D eigenvalue weighted by atomic mass is 35.5. The van der Waals surface area contributed by atoms with Crippen LogP contribution in [0.25, 0.3) is 0 Å². The number of rotatable bonds is 6. The number of hydrogen-bond acceptors (Lipinski definition) is 3. The van der Waals surface area contributed by atoms with Crippen molar-refractivity contribution < 1.29 is 18.0 Å². The van der Waals surface area contributed by atoms with Crippen LogP contribution in [0.15, 0.2) is 60.3 Å². The highest BCUT2D eigenvalue weighted by Crippen LogP contribution is 2.36. The average molecular weight is 422 g/mol. The number of carbonyl (C=O) groups is 1. The molecule has 2 aromatic carbocycles. The summed E-state index contributed by atoms with van der Waals surface area (Å²) in [4.78, 5) is 14.3. The zero-order valence-corrected chi connectivity index (χ0v) is 16.6. The lowest BCUT2D eigenvalue weighted by Gasteiger charge is -2.26. The Labute approximate surface area is 172 Å². The minimum Gasteiger partial charge on any atom is -0.360 e. The number of nitrogens with zero attached hydrogens (tertiary/aromatic N) is 2. The van der Waals surface area contributed by atoms with E-state index in [0.29, 0.717) is 6.54 Å². The van der Waals surface area contributed by atoms with Gasteiger partial charge in [0.05, 0.1) is 10.6 Å².